The zero-order valence-electron chi connectivity index (χ0n) is 11.6. The summed E-state index contributed by atoms with van der Waals surface area (Å²) in [6, 6.07) is 0. The summed E-state index contributed by atoms with van der Waals surface area (Å²) in [5, 5.41) is 48.4. The fourth-order valence-electron chi connectivity index (χ4n) is 1.16. The smallest absolute Gasteiger partial charge is 0.155 e. The second-order valence-corrected chi connectivity index (χ2v) is 3.32. The van der Waals surface area contributed by atoms with Crippen LogP contribution < -0.4 is 0 Å². The molecule has 0 saturated carbocycles. The van der Waals surface area contributed by atoms with E-state index in [0.29, 0.717) is 0 Å². The summed E-state index contributed by atoms with van der Waals surface area (Å²) in [6.45, 7) is -3.49. The summed E-state index contributed by atoms with van der Waals surface area (Å²) in [5.41, 5.74) is -0.821. The van der Waals surface area contributed by atoms with Crippen LogP contribution in [0.1, 0.15) is 28.6 Å². The molecule has 0 aliphatic rings. The van der Waals surface area contributed by atoms with Crippen molar-refractivity contribution in [2.45, 2.75) is 25.2 Å². The van der Waals surface area contributed by atoms with Gasteiger partial charge in [-0.05, 0) is 6.85 Å². The number of nitrogens with zero attached hydrogens (tertiary/aromatic N) is 2. The molecule has 0 spiro atoms. The Labute approximate surface area is 101 Å². The van der Waals surface area contributed by atoms with Crippen LogP contribution in [0.25, 0.3) is 0 Å². The first-order valence-electron chi connectivity index (χ1n) is 6.15. The SMILES string of the molecule is [2H]C([2H])([2H])/C(=N\O)c1ncc([C@@H](O)[C@H](O)[C@H](O)CO)[nH]1. The van der Waals surface area contributed by atoms with E-state index in [2.05, 4.69) is 15.1 Å². The third-order valence-electron chi connectivity index (χ3n) is 2.14. The van der Waals surface area contributed by atoms with E-state index in [1.165, 1.54) is 0 Å². The topological polar surface area (TPSA) is 142 Å². The number of H-pyrrole nitrogens is 1. The minimum atomic E-state index is -2.72. The average molecular weight is 248 g/mol. The van der Waals surface area contributed by atoms with E-state index in [4.69, 9.17) is 14.4 Å². The summed E-state index contributed by atoms with van der Waals surface area (Å²) >= 11 is 0. The van der Waals surface area contributed by atoms with Gasteiger partial charge in [0.1, 0.15) is 24.0 Å². The first-order valence-corrected chi connectivity index (χ1v) is 4.65. The molecule has 0 bridgehead atoms. The van der Waals surface area contributed by atoms with Crippen molar-refractivity contribution in [1.82, 2.24) is 9.97 Å². The molecule has 8 nitrogen and oxygen atoms in total. The lowest BCUT2D eigenvalue weighted by atomic mass is 10.1. The summed E-state index contributed by atoms with van der Waals surface area (Å²) in [5.74, 6) is -0.313. The van der Waals surface area contributed by atoms with Crippen LogP contribution in [0.5, 0.6) is 0 Å². The standard InChI is InChI=1S/C9H15N3O5/c1-4(12-17)9-10-2-5(11-9)7(15)8(16)6(14)3-13/h2,6-8,13-17H,3H2,1H3,(H,10,11)/b12-4+/t6-,7-,8-/m1/s1/i1D3. The number of nitrogens with one attached hydrogen (secondary N) is 1. The Kier molecular flexibility index (Phi) is 3.22. The number of hydrogen-bond acceptors (Lipinski definition) is 7. The highest BCUT2D eigenvalue weighted by Gasteiger charge is 2.27. The van der Waals surface area contributed by atoms with Crippen LogP contribution in [0.3, 0.4) is 0 Å². The van der Waals surface area contributed by atoms with E-state index >= 15 is 0 Å². The van der Waals surface area contributed by atoms with Gasteiger partial charge in [0.25, 0.3) is 0 Å². The van der Waals surface area contributed by atoms with Gasteiger partial charge in [0, 0.05) is 4.11 Å². The van der Waals surface area contributed by atoms with Gasteiger partial charge in [-0.15, -0.1) is 0 Å². The highest BCUT2D eigenvalue weighted by atomic mass is 16.4. The number of aromatic amines is 1. The van der Waals surface area contributed by atoms with Crippen molar-refractivity contribution >= 4 is 5.71 Å². The predicted octanol–water partition coefficient (Wildman–Crippen LogP) is -1.64. The summed E-state index contributed by atoms with van der Waals surface area (Å²) in [7, 11) is 0. The second kappa shape index (κ2) is 5.73. The summed E-state index contributed by atoms with van der Waals surface area (Å²) in [6.07, 6.45) is -3.89. The molecule has 0 aromatic carbocycles. The fourth-order valence-corrected chi connectivity index (χ4v) is 1.16. The molecule has 0 aliphatic heterocycles. The van der Waals surface area contributed by atoms with Gasteiger partial charge in [-0.25, -0.2) is 4.98 Å². The molecule has 6 N–H and O–H groups in total. The van der Waals surface area contributed by atoms with Crippen molar-refractivity contribution in [3.63, 3.8) is 0 Å². The molecule has 0 unspecified atom stereocenters. The van der Waals surface area contributed by atoms with E-state index in [9.17, 15) is 15.3 Å². The molecule has 96 valence electrons. The minimum Gasteiger partial charge on any atom is -0.411 e. The summed E-state index contributed by atoms with van der Waals surface area (Å²) in [4.78, 5) is 5.99. The van der Waals surface area contributed by atoms with Gasteiger partial charge in [0.05, 0.1) is 18.5 Å². The zero-order valence-corrected chi connectivity index (χ0v) is 8.65. The molecular weight excluding hydrogens is 230 g/mol. The number of hydrogen-bond donors (Lipinski definition) is 6. The molecular formula is C9H15N3O5. The van der Waals surface area contributed by atoms with E-state index in [0.717, 1.165) is 6.20 Å². The van der Waals surface area contributed by atoms with Crippen molar-refractivity contribution in [1.29, 1.82) is 0 Å². The number of aliphatic hydroxyl groups is 4. The lowest BCUT2D eigenvalue weighted by Gasteiger charge is -2.20. The maximum Gasteiger partial charge on any atom is 0.155 e. The molecule has 0 saturated heterocycles. The van der Waals surface area contributed by atoms with Crippen molar-refractivity contribution in [2.24, 2.45) is 5.16 Å². The predicted molar refractivity (Wildman–Crippen MR) is 56.6 cm³/mol. The highest BCUT2D eigenvalue weighted by molar-refractivity contribution is 5.94. The molecule has 1 aromatic rings. The molecule has 1 rings (SSSR count). The number of aliphatic hydroxyl groups excluding tert-OH is 4. The maximum absolute atomic E-state index is 9.73. The first kappa shape index (κ1) is 9.54. The largest absolute Gasteiger partial charge is 0.411 e. The number of imidazole rings is 1. The van der Waals surface area contributed by atoms with Crippen LogP contribution in [-0.2, 0) is 0 Å². The molecule has 8 heteroatoms. The number of oxime groups is 1. The van der Waals surface area contributed by atoms with E-state index in [1.54, 1.807) is 0 Å². The highest BCUT2D eigenvalue weighted by Crippen LogP contribution is 2.17. The first-order chi connectivity index (χ1) is 9.22. The van der Waals surface area contributed by atoms with Crippen LogP contribution >= 0.6 is 0 Å². The van der Waals surface area contributed by atoms with Gasteiger partial charge >= 0.3 is 0 Å². The minimum absolute atomic E-state index is 0.106. The summed E-state index contributed by atoms with van der Waals surface area (Å²) < 4.78 is 21.4. The molecule has 1 heterocycles. The van der Waals surface area contributed by atoms with Gasteiger partial charge in [0.2, 0.25) is 0 Å². The Bertz CT molecular complexity index is 476. The molecule has 1 aromatic heterocycles. The molecule has 17 heavy (non-hydrogen) atoms. The van der Waals surface area contributed by atoms with Gasteiger partial charge in [-0.3, -0.25) is 0 Å². The third kappa shape index (κ3) is 3.01. The van der Waals surface area contributed by atoms with Crippen LogP contribution in [0.15, 0.2) is 11.4 Å². The van der Waals surface area contributed by atoms with Gasteiger partial charge in [-0.2, -0.15) is 0 Å². The lowest BCUT2D eigenvalue weighted by molar-refractivity contribution is -0.0788. The van der Waals surface area contributed by atoms with E-state index in [1.807, 2.05) is 0 Å². The van der Waals surface area contributed by atoms with Crippen molar-refractivity contribution in [2.75, 3.05) is 6.61 Å². The lowest BCUT2D eigenvalue weighted by Crippen LogP contribution is -2.34. The van der Waals surface area contributed by atoms with Crippen molar-refractivity contribution < 1.29 is 29.7 Å². The fraction of sp³-hybridized carbons (Fsp3) is 0.556. The average Bonchev–Trinajstić information content (AvgIpc) is 2.84. The van der Waals surface area contributed by atoms with Crippen LogP contribution in [0, 0.1) is 0 Å². The number of rotatable bonds is 5. The Hall–Kier alpha value is -1.48. The van der Waals surface area contributed by atoms with Gasteiger partial charge in [-0.1, -0.05) is 5.16 Å². The van der Waals surface area contributed by atoms with Crippen LogP contribution in [0.4, 0.5) is 0 Å². The zero-order chi connectivity index (χ0) is 15.5. The monoisotopic (exact) mass is 248 g/mol. The van der Waals surface area contributed by atoms with Crippen molar-refractivity contribution in [3.05, 3.63) is 17.7 Å². The van der Waals surface area contributed by atoms with Gasteiger partial charge in [0.15, 0.2) is 5.82 Å². The molecule has 0 radical (unpaired) electrons. The van der Waals surface area contributed by atoms with Gasteiger partial charge < -0.3 is 30.6 Å². The normalized spacial score (nSPS) is 21.2. The molecule has 3 atom stereocenters. The Balaban J connectivity index is 2.98. The second-order valence-electron chi connectivity index (χ2n) is 3.32. The Morgan fingerprint density at radius 3 is 2.82 bits per heavy atom. The van der Waals surface area contributed by atoms with Crippen molar-refractivity contribution in [3.8, 4) is 0 Å². The quantitative estimate of drug-likeness (QED) is 0.209. The van der Waals surface area contributed by atoms with E-state index < -0.39 is 37.5 Å². The van der Waals surface area contributed by atoms with Crippen LogP contribution in [0.2, 0.25) is 0 Å². The maximum atomic E-state index is 9.73. The van der Waals surface area contributed by atoms with Crippen LogP contribution in [-0.4, -0.2) is 60.1 Å². The van der Waals surface area contributed by atoms with E-state index in [-0.39, 0.29) is 11.5 Å². The Morgan fingerprint density at radius 1 is 1.59 bits per heavy atom. The third-order valence-corrected chi connectivity index (χ3v) is 2.14. The molecule has 0 aliphatic carbocycles. The Morgan fingerprint density at radius 2 is 2.29 bits per heavy atom. The molecule has 0 amide bonds. The molecule has 0 fully saturated rings. The number of aromatic nitrogens is 2.